The van der Waals surface area contributed by atoms with Gasteiger partial charge in [-0.3, -0.25) is 0 Å². The minimum atomic E-state index is 0.390. The summed E-state index contributed by atoms with van der Waals surface area (Å²) in [5, 5.41) is 8.88. The molecule has 2 fully saturated rings. The summed E-state index contributed by atoms with van der Waals surface area (Å²) in [5.41, 5.74) is 0. The van der Waals surface area contributed by atoms with Gasteiger partial charge in [0.05, 0.1) is 0 Å². The Hall–Kier alpha value is -0.0800. The maximum absolute atomic E-state index is 8.88. The van der Waals surface area contributed by atoms with Gasteiger partial charge in [-0.05, 0) is 43.6 Å². The first kappa shape index (κ1) is 9.47. The van der Waals surface area contributed by atoms with E-state index in [0.29, 0.717) is 6.61 Å². The van der Waals surface area contributed by atoms with Crippen molar-refractivity contribution in [2.75, 3.05) is 26.2 Å². The van der Waals surface area contributed by atoms with Crippen LogP contribution in [0.2, 0.25) is 0 Å². The monoisotopic (exact) mass is 183 g/mol. The van der Waals surface area contributed by atoms with E-state index in [1.165, 1.54) is 32.5 Å². The maximum Gasteiger partial charge on any atom is 0.0433 e. The van der Waals surface area contributed by atoms with Crippen molar-refractivity contribution < 1.29 is 5.11 Å². The standard InChI is InChI=1S/C11H21NO/c1-2-12-7-10-5-9(3-4-13)6-11(10)8-12/h9-11,13H,2-8H2,1H3/t9-,10-,11+. The van der Waals surface area contributed by atoms with Gasteiger partial charge in [0.2, 0.25) is 0 Å². The molecule has 0 aromatic heterocycles. The van der Waals surface area contributed by atoms with Crippen LogP contribution in [-0.4, -0.2) is 36.2 Å². The Bertz CT molecular complexity index is 157. The number of hydrogen-bond acceptors (Lipinski definition) is 2. The van der Waals surface area contributed by atoms with Crippen LogP contribution in [0.25, 0.3) is 0 Å². The normalized spacial score (nSPS) is 39.7. The predicted octanol–water partition coefficient (Wildman–Crippen LogP) is 1.35. The summed E-state index contributed by atoms with van der Waals surface area (Å²) in [5.74, 6) is 2.74. The Labute approximate surface area is 80.9 Å². The fourth-order valence-corrected chi connectivity index (χ4v) is 3.20. The molecule has 1 saturated heterocycles. The van der Waals surface area contributed by atoms with Crippen LogP contribution < -0.4 is 0 Å². The highest BCUT2D eigenvalue weighted by Gasteiger charge is 2.39. The Balaban J connectivity index is 1.82. The van der Waals surface area contributed by atoms with Crippen molar-refractivity contribution in [2.24, 2.45) is 17.8 Å². The zero-order valence-corrected chi connectivity index (χ0v) is 8.58. The molecule has 0 aromatic carbocycles. The molecule has 0 spiro atoms. The Morgan fingerprint density at radius 2 is 1.85 bits per heavy atom. The molecule has 1 aliphatic carbocycles. The molecule has 2 nitrogen and oxygen atoms in total. The Morgan fingerprint density at radius 1 is 1.23 bits per heavy atom. The second kappa shape index (κ2) is 3.97. The van der Waals surface area contributed by atoms with Crippen LogP contribution in [0.15, 0.2) is 0 Å². The third-order valence-electron chi connectivity index (χ3n) is 3.91. The molecule has 1 saturated carbocycles. The highest BCUT2D eigenvalue weighted by Crippen LogP contribution is 2.42. The van der Waals surface area contributed by atoms with Crippen molar-refractivity contribution in [2.45, 2.75) is 26.2 Å². The van der Waals surface area contributed by atoms with Crippen LogP contribution in [0.5, 0.6) is 0 Å². The van der Waals surface area contributed by atoms with Crippen molar-refractivity contribution in [3.8, 4) is 0 Å². The van der Waals surface area contributed by atoms with Crippen molar-refractivity contribution in [1.29, 1.82) is 0 Å². The first-order chi connectivity index (χ1) is 6.33. The summed E-state index contributed by atoms with van der Waals surface area (Å²) in [6.45, 7) is 6.51. The van der Waals surface area contributed by atoms with Crippen molar-refractivity contribution in [3.05, 3.63) is 0 Å². The Kier molecular flexibility index (Phi) is 2.89. The molecule has 1 heterocycles. The molecule has 0 aromatic rings. The smallest absolute Gasteiger partial charge is 0.0433 e. The first-order valence-corrected chi connectivity index (χ1v) is 5.66. The average molecular weight is 183 g/mol. The van der Waals surface area contributed by atoms with E-state index in [1.54, 1.807) is 0 Å². The highest BCUT2D eigenvalue weighted by molar-refractivity contribution is 4.91. The van der Waals surface area contributed by atoms with Gasteiger partial charge in [0, 0.05) is 19.7 Å². The lowest BCUT2D eigenvalue weighted by Gasteiger charge is -2.15. The SMILES string of the molecule is CCN1C[C@H]2C[C@@H](CCO)C[C@H]2C1. The second-order valence-electron chi connectivity index (χ2n) is 4.72. The molecule has 1 aliphatic heterocycles. The van der Waals surface area contributed by atoms with E-state index in [2.05, 4.69) is 11.8 Å². The minimum Gasteiger partial charge on any atom is -0.396 e. The van der Waals surface area contributed by atoms with Crippen LogP contribution in [0.1, 0.15) is 26.2 Å². The van der Waals surface area contributed by atoms with E-state index in [4.69, 9.17) is 5.11 Å². The van der Waals surface area contributed by atoms with Crippen molar-refractivity contribution >= 4 is 0 Å². The molecule has 13 heavy (non-hydrogen) atoms. The van der Waals surface area contributed by atoms with Crippen LogP contribution in [0, 0.1) is 17.8 Å². The minimum absolute atomic E-state index is 0.390. The number of nitrogens with zero attached hydrogens (tertiary/aromatic N) is 1. The molecule has 2 rings (SSSR count). The predicted molar refractivity (Wildman–Crippen MR) is 53.5 cm³/mol. The molecule has 76 valence electrons. The van der Waals surface area contributed by atoms with Crippen molar-refractivity contribution in [3.63, 3.8) is 0 Å². The number of fused-ring (bicyclic) bond motifs is 1. The lowest BCUT2D eigenvalue weighted by molar-refractivity contribution is 0.244. The zero-order valence-electron chi connectivity index (χ0n) is 8.58. The molecule has 0 unspecified atom stereocenters. The molecule has 2 aliphatic rings. The molecule has 0 radical (unpaired) electrons. The molecule has 3 atom stereocenters. The van der Waals surface area contributed by atoms with Gasteiger partial charge in [0.1, 0.15) is 0 Å². The van der Waals surface area contributed by atoms with Gasteiger partial charge in [0.25, 0.3) is 0 Å². The summed E-state index contributed by atoms with van der Waals surface area (Å²) in [7, 11) is 0. The van der Waals surface area contributed by atoms with E-state index in [9.17, 15) is 0 Å². The molecule has 0 amide bonds. The molecular weight excluding hydrogens is 162 g/mol. The fraction of sp³-hybridized carbons (Fsp3) is 1.00. The molecule has 0 bridgehead atoms. The number of hydrogen-bond donors (Lipinski definition) is 1. The van der Waals surface area contributed by atoms with E-state index in [0.717, 1.165) is 24.2 Å². The maximum atomic E-state index is 8.88. The molecular formula is C11H21NO. The number of aliphatic hydroxyl groups excluding tert-OH is 1. The van der Waals surface area contributed by atoms with Crippen LogP contribution in [-0.2, 0) is 0 Å². The van der Waals surface area contributed by atoms with Gasteiger partial charge >= 0.3 is 0 Å². The summed E-state index contributed by atoms with van der Waals surface area (Å²) >= 11 is 0. The number of likely N-dealkylation sites (tertiary alicyclic amines) is 1. The second-order valence-corrected chi connectivity index (χ2v) is 4.72. The summed E-state index contributed by atoms with van der Waals surface area (Å²) < 4.78 is 0. The third kappa shape index (κ3) is 1.89. The van der Waals surface area contributed by atoms with Crippen molar-refractivity contribution in [1.82, 2.24) is 4.90 Å². The number of rotatable bonds is 3. The molecule has 1 N–H and O–H groups in total. The van der Waals surface area contributed by atoms with Gasteiger partial charge in [0.15, 0.2) is 0 Å². The van der Waals surface area contributed by atoms with Gasteiger partial charge < -0.3 is 10.0 Å². The highest BCUT2D eigenvalue weighted by atomic mass is 16.3. The topological polar surface area (TPSA) is 23.5 Å². The Morgan fingerprint density at radius 3 is 2.31 bits per heavy atom. The average Bonchev–Trinajstić information content (AvgIpc) is 2.61. The largest absolute Gasteiger partial charge is 0.396 e. The lowest BCUT2D eigenvalue weighted by Crippen LogP contribution is -2.21. The van der Waals surface area contributed by atoms with Gasteiger partial charge in [-0.2, -0.15) is 0 Å². The van der Waals surface area contributed by atoms with E-state index < -0.39 is 0 Å². The van der Waals surface area contributed by atoms with Gasteiger partial charge in [-0.15, -0.1) is 0 Å². The van der Waals surface area contributed by atoms with Gasteiger partial charge in [-0.1, -0.05) is 6.92 Å². The quantitative estimate of drug-likeness (QED) is 0.714. The van der Waals surface area contributed by atoms with E-state index >= 15 is 0 Å². The third-order valence-corrected chi connectivity index (χ3v) is 3.91. The summed E-state index contributed by atoms with van der Waals surface area (Å²) in [6.07, 6.45) is 3.79. The number of aliphatic hydroxyl groups is 1. The fourth-order valence-electron chi connectivity index (χ4n) is 3.20. The van der Waals surface area contributed by atoms with E-state index in [-0.39, 0.29) is 0 Å². The van der Waals surface area contributed by atoms with E-state index in [1.807, 2.05) is 0 Å². The first-order valence-electron chi connectivity index (χ1n) is 5.66. The zero-order chi connectivity index (χ0) is 9.26. The summed E-state index contributed by atoms with van der Waals surface area (Å²) in [6, 6.07) is 0. The lowest BCUT2D eigenvalue weighted by atomic mass is 10.0. The summed E-state index contributed by atoms with van der Waals surface area (Å²) in [4.78, 5) is 2.57. The van der Waals surface area contributed by atoms with Crippen LogP contribution >= 0.6 is 0 Å². The van der Waals surface area contributed by atoms with Crippen LogP contribution in [0.4, 0.5) is 0 Å². The van der Waals surface area contributed by atoms with Gasteiger partial charge in [-0.25, -0.2) is 0 Å². The molecule has 2 heteroatoms. The van der Waals surface area contributed by atoms with Crippen LogP contribution in [0.3, 0.4) is 0 Å².